The molecule has 1 aromatic heterocycles. The van der Waals surface area contributed by atoms with E-state index in [1.54, 1.807) is 6.20 Å². The summed E-state index contributed by atoms with van der Waals surface area (Å²) in [6.07, 6.45) is 3.47. The number of amides is 2. The first kappa shape index (κ1) is 16.7. The third-order valence-corrected chi connectivity index (χ3v) is 3.83. The zero-order valence-corrected chi connectivity index (χ0v) is 13.4. The Morgan fingerprint density at radius 1 is 1.32 bits per heavy atom. The third kappa shape index (κ3) is 4.43. The lowest BCUT2D eigenvalue weighted by molar-refractivity contribution is -0.149. The van der Waals surface area contributed by atoms with E-state index in [-0.39, 0.29) is 25.4 Å². The van der Waals surface area contributed by atoms with Gasteiger partial charge in [0.1, 0.15) is 18.7 Å². The van der Waals surface area contributed by atoms with Crippen molar-refractivity contribution in [2.75, 3.05) is 0 Å². The second kappa shape index (κ2) is 7.61. The van der Waals surface area contributed by atoms with Crippen molar-refractivity contribution >= 4 is 17.8 Å². The molecule has 0 bridgehead atoms. The minimum Gasteiger partial charge on any atom is -0.459 e. The Morgan fingerprint density at radius 2 is 2.08 bits per heavy atom. The Hall–Kier alpha value is -3.16. The van der Waals surface area contributed by atoms with Gasteiger partial charge in [-0.25, -0.2) is 9.78 Å². The molecule has 0 radical (unpaired) electrons. The number of hydrogen-bond donors (Lipinski definition) is 3. The van der Waals surface area contributed by atoms with Crippen molar-refractivity contribution in [1.29, 1.82) is 0 Å². The van der Waals surface area contributed by atoms with Gasteiger partial charge >= 0.3 is 5.97 Å². The van der Waals surface area contributed by atoms with E-state index in [4.69, 9.17) is 4.74 Å². The lowest BCUT2D eigenvalue weighted by Crippen LogP contribution is -2.59. The summed E-state index contributed by atoms with van der Waals surface area (Å²) in [7, 11) is 0. The lowest BCUT2D eigenvalue weighted by Gasteiger charge is -2.27. The van der Waals surface area contributed by atoms with Gasteiger partial charge in [0, 0.05) is 12.6 Å². The van der Waals surface area contributed by atoms with E-state index in [0.717, 1.165) is 5.56 Å². The Balaban J connectivity index is 1.61. The number of imidazole rings is 1. The standard InChI is InChI=1S/C17H18N4O4/c22-15-7-13(20-15)16(23)21-14(6-12-8-18-10-19-12)17(24)25-9-11-4-2-1-3-5-11/h1-5,8,10,13-14H,6-7,9H2,(H,18,19)(H,20,22)(H,21,23)/t13-,14-/m0/s1. The highest BCUT2D eigenvalue weighted by atomic mass is 16.5. The van der Waals surface area contributed by atoms with Gasteiger partial charge in [-0.2, -0.15) is 0 Å². The van der Waals surface area contributed by atoms with E-state index < -0.39 is 24.0 Å². The highest BCUT2D eigenvalue weighted by Crippen LogP contribution is 2.08. The van der Waals surface area contributed by atoms with Crippen LogP contribution < -0.4 is 10.6 Å². The van der Waals surface area contributed by atoms with Crippen LogP contribution in [0.5, 0.6) is 0 Å². The molecular weight excluding hydrogens is 324 g/mol. The Kier molecular flexibility index (Phi) is 5.08. The Bertz CT molecular complexity index is 737. The number of β-lactam (4-membered cyclic amide) rings is 1. The molecule has 1 aliphatic heterocycles. The summed E-state index contributed by atoms with van der Waals surface area (Å²) in [5.74, 6) is -1.14. The molecule has 1 aliphatic rings. The van der Waals surface area contributed by atoms with E-state index in [2.05, 4.69) is 20.6 Å². The van der Waals surface area contributed by atoms with Crippen molar-refractivity contribution in [2.24, 2.45) is 0 Å². The van der Waals surface area contributed by atoms with Gasteiger partial charge in [-0.1, -0.05) is 30.3 Å². The molecule has 0 unspecified atom stereocenters. The fourth-order valence-corrected chi connectivity index (χ4v) is 2.42. The summed E-state index contributed by atoms with van der Waals surface area (Å²) in [4.78, 5) is 42.4. The van der Waals surface area contributed by atoms with Crippen molar-refractivity contribution in [3.63, 3.8) is 0 Å². The zero-order chi connectivity index (χ0) is 17.6. The number of carbonyl (C=O) groups excluding carboxylic acids is 3. The summed E-state index contributed by atoms with van der Waals surface area (Å²) in [5, 5.41) is 5.11. The predicted octanol–water partition coefficient (Wildman–Crippen LogP) is 0.0689. The molecular formula is C17H18N4O4. The number of hydrogen-bond acceptors (Lipinski definition) is 5. The lowest BCUT2D eigenvalue weighted by atomic mass is 10.0. The molecule has 0 saturated carbocycles. The molecule has 2 heterocycles. The van der Waals surface area contributed by atoms with Crippen LogP contribution in [0.3, 0.4) is 0 Å². The maximum atomic E-state index is 12.4. The smallest absolute Gasteiger partial charge is 0.329 e. The van der Waals surface area contributed by atoms with Crippen LogP contribution in [0.4, 0.5) is 0 Å². The second-order valence-corrected chi connectivity index (χ2v) is 5.74. The number of carbonyl (C=O) groups is 3. The van der Waals surface area contributed by atoms with Crippen molar-refractivity contribution in [3.8, 4) is 0 Å². The SMILES string of the molecule is O=C1C[C@@H](C(=O)N[C@@H](Cc2c[nH]cn2)C(=O)OCc2ccccc2)N1. The van der Waals surface area contributed by atoms with Crippen LogP contribution in [0, 0.1) is 0 Å². The first-order chi connectivity index (χ1) is 12.1. The molecule has 0 spiro atoms. The quantitative estimate of drug-likeness (QED) is 0.487. The van der Waals surface area contributed by atoms with Gasteiger partial charge in [-0.15, -0.1) is 0 Å². The number of esters is 1. The van der Waals surface area contributed by atoms with Crippen molar-refractivity contribution in [3.05, 3.63) is 54.1 Å². The summed E-state index contributed by atoms with van der Waals surface area (Å²) < 4.78 is 5.31. The number of benzene rings is 1. The van der Waals surface area contributed by atoms with E-state index in [0.29, 0.717) is 5.69 Å². The van der Waals surface area contributed by atoms with E-state index in [1.165, 1.54) is 6.33 Å². The van der Waals surface area contributed by atoms with E-state index in [1.807, 2.05) is 30.3 Å². The molecule has 8 nitrogen and oxygen atoms in total. The fraction of sp³-hybridized carbons (Fsp3) is 0.294. The average Bonchev–Trinajstić information content (AvgIpc) is 3.10. The summed E-state index contributed by atoms with van der Waals surface area (Å²) in [6, 6.07) is 7.79. The zero-order valence-electron chi connectivity index (χ0n) is 13.4. The van der Waals surface area contributed by atoms with Crippen molar-refractivity contribution in [2.45, 2.75) is 31.5 Å². The largest absolute Gasteiger partial charge is 0.459 e. The van der Waals surface area contributed by atoms with Gasteiger partial charge in [0.25, 0.3) is 0 Å². The van der Waals surface area contributed by atoms with Gasteiger partial charge in [-0.3, -0.25) is 9.59 Å². The van der Waals surface area contributed by atoms with Crippen LogP contribution >= 0.6 is 0 Å². The van der Waals surface area contributed by atoms with Gasteiger partial charge in [0.2, 0.25) is 11.8 Å². The summed E-state index contributed by atoms with van der Waals surface area (Å²) in [6.45, 7) is 0.118. The maximum absolute atomic E-state index is 12.4. The molecule has 1 fully saturated rings. The molecule has 1 saturated heterocycles. The topological polar surface area (TPSA) is 113 Å². The number of nitrogens with one attached hydrogen (secondary N) is 3. The molecule has 2 aromatic rings. The van der Waals surface area contributed by atoms with Crippen LogP contribution in [0.15, 0.2) is 42.9 Å². The average molecular weight is 342 g/mol. The first-order valence-corrected chi connectivity index (χ1v) is 7.90. The monoisotopic (exact) mass is 342 g/mol. The minimum absolute atomic E-state index is 0.118. The number of H-pyrrole nitrogens is 1. The van der Waals surface area contributed by atoms with Gasteiger partial charge in [0.05, 0.1) is 18.4 Å². The normalized spacial score (nSPS) is 17.1. The molecule has 2 amide bonds. The summed E-state index contributed by atoms with van der Waals surface area (Å²) >= 11 is 0. The third-order valence-electron chi connectivity index (χ3n) is 3.83. The van der Waals surface area contributed by atoms with E-state index in [9.17, 15) is 14.4 Å². The minimum atomic E-state index is -0.878. The highest BCUT2D eigenvalue weighted by Gasteiger charge is 2.34. The molecule has 25 heavy (non-hydrogen) atoms. The van der Waals surface area contributed by atoms with Crippen LogP contribution in [-0.2, 0) is 32.1 Å². The Labute approximate surface area is 144 Å². The molecule has 1 aromatic carbocycles. The molecule has 3 rings (SSSR count). The first-order valence-electron chi connectivity index (χ1n) is 7.90. The number of ether oxygens (including phenoxy) is 1. The molecule has 130 valence electrons. The highest BCUT2D eigenvalue weighted by molar-refractivity contribution is 5.98. The van der Waals surface area contributed by atoms with Gasteiger partial charge < -0.3 is 20.4 Å². The summed E-state index contributed by atoms with van der Waals surface area (Å²) in [5.41, 5.74) is 1.48. The predicted molar refractivity (Wildman–Crippen MR) is 87.0 cm³/mol. The number of aromatic nitrogens is 2. The maximum Gasteiger partial charge on any atom is 0.329 e. The van der Waals surface area contributed by atoms with Crippen LogP contribution in [0.1, 0.15) is 17.7 Å². The number of rotatable bonds is 7. The van der Waals surface area contributed by atoms with Crippen molar-refractivity contribution in [1.82, 2.24) is 20.6 Å². The van der Waals surface area contributed by atoms with Gasteiger partial charge in [-0.05, 0) is 5.56 Å². The molecule has 3 N–H and O–H groups in total. The van der Waals surface area contributed by atoms with Crippen LogP contribution in [-0.4, -0.2) is 39.8 Å². The van der Waals surface area contributed by atoms with E-state index >= 15 is 0 Å². The Morgan fingerprint density at radius 3 is 2.72 bits per heavy atom. The fourth-order valence-electron chi connectivity index (χ4n) is 2.42. The van der Waals surface area contributed by atoms with Crippen LogP contribution in [0.2, 0.25) is 0 Å². The van der Waals surface area contributed by atoms with Crippen LogP contribution in [0.25, 0.3) is 0 Å². The molecule has 0 aliphatic carbocycles. The number of aromatic amines is 1. The second-order valence-electron chi connectivity index (χ2n) is 5.74. The van der Waals surface area contributed by atoms with Crippen molar-refractivity contribution < 1.29 is 19.1 Å². The molecule has 2 atom stereocenters. The molecule has 8 heteroatoms. The number of nitrogens with zero attached hydrogens (tertiary/aromatic N) is 1. The van der Waals surface area contributed by atoms with Gasteiger partial charge in [0.15, 0.2) is 0 Å².